The monoisotopic (exact) mass is 259 g/mol. The van der Waals surface area contributed by atoms with Gasteiger partial charge in [0, 0.05) is 13.1 Å². The van der Waals surface area contributed by atoms with Crippen molar-refractivity contribution in [3.05, 3.63) is 35.4 Å². The average molecular weight is 259 g/mol. The third kappa shape index (κ3) is 2.85. The van der Waals surface area contributed by atoms with Crippen molar-refractivity contribution >= 4 is 0 Å². The summed E-state index contributed by atoms with van der Waals surface area (Å²) in [7, 11) is 0. The molecule has 3 unspecified atom stereocenters. The van der Waals surface area contributed by atoms with E-state index in [0.29, 0.717) is 11.8 Å². The first-order valence-electron chi connectivity index (χ1n) is 7.72. The van der Waals surface area contributed by atoms with Crippen molar-refractivity contribution in [2.45, 2.75) is 44.6 Å². The minimum atomic E-state index is -0.149. The highest BCUT2D eigenvalue weighted by atomic mass is 16.3. The van der Waals surface area contributed by atoms with Crippen LogP contribution in [0, 0.1) is 5.92 Å². The average Bonchev–Trinajstić information content (AvgIpc) is 2.88. The molecule has 1 heterocycles. The second-order valence-corrected chi connectivity index (χ2v) is 6.34. The van der Waals surface area contributed by atoms with E-state index in [1.807, 2.05) is 6.92 Å². The molecule has 0 radical (unpaired) electrons. The topological polar surface area (TPSA) is 23.5 Å². The van der Waals surface area contributed by atoms with Crippen molar-refractivity contribution < 1.29 is 5.11 Å². The van der Waals surface area contributed by atoms with Crippen molar-refractivity contribution in [1.29, 1.82) is 0 Å². The highest BCUT2D eigenvalue weighted by Crippen LogP contribution is 2.33. The maximum atomic E-state index is 9.71. The summed E-state index contributed by atoms with van der Waals surface area (Å²) < 4.78 is 0. The molecule has 2 aliphatic rings. The zero-order valence-corrected chi connectivity index (χ0v) is 11.9. The molecule has 0 spiro atoms. The van der Waals surface area contributed by atoms with Crippen LogP contribution in [0.1, 0.15) is 43.2 Å². The van der Waals surface area contributed by atoms with Gasteiger partial charge in [0.15, 0.2) is 0 Å². The third-order valence-electron chi connectivity index (χ3n) is 4.96. The first-order chi connectivity index (χ1) is 9.24. The van der Waals surface area contributed by atoms with Gasteiger partial charge in [-0.15, -0.1) is 0 Å². The predicted molar refractivity (Wildman–Crippen MR) is 78.3 cm³/mol. The molecule has 1 aliphatic heterocycles. The van der Waals surface area contributed by atoms with E-state index in [2.05, 4.69) is 29.2 Å². The largest absolute Gasteiger partial charge is 0.393 e. The van der Waals surface area contributed by atoms with E-state index in [1.54, 1.807) is 11.1 Å². The lowest BCUT2D eigenvalue weighted by Gasteiger charge is -2.29. The van der Waals surface area contributed by atoms with Gasteiger partial charge >= 0.3 is 0 Å². The molecule has 1 N–H and O–H groups in total. The normalized spacial score (nSPS) is 29.2. The van der Waals surface area contributed by atoms with E-state index in [-0.39, 0.29) is 6.10 Å². The second kappa shape index (κ2) is 5.64. The van der Waals surface area contributed by atoms with Gasteiger partial charge in [0.1, 0.15) is 0 Å². The van der Waals surface area contributed by atoms with Gasteiger partial charge in [0.2, 0.25) is 0 Å². The molecule has 0 amide bonds. The first-order valence-corrected chi connectivity index (χ1v) is 7.72. The van der Waals surface area contributed by atoms with Crippen LogP contribution >= 0.6 is 0 Å². The predicted octanol–water partition coefficient (Wildman–Crippen LogP) is 2.81. The standard InChI is InChI=1S/C17H25NO/c1-13(19)15-9-10-18(11-15)12-16-7-4-6-14-5-2-3-8-17(14)16/h2-3,5,8,13,15-16,19H,4,6-7,9-12H2,1H3. The molecule has 1 fully saturated rings. The number of nitrogens with zero attached hydrogens (tertiary/aromatic N) is 1. The van der Waals surface area contributed by atoms with Crippen LogP contribution in [0.4, 0.5) is 0 Å². The van der Waals surface area contributed by atoms with Gasteiger partial charge < -0.3 is 10.0 Å². The summed E-state index contributed by atoms with van der Waals surface area (Å²) in [4.78, 5) is 2.56. The van der Waals surface area contributed by atoms with Gasteiger partial charge in [-0.05, 0) is 62.1 Å². The van der Waals surface area contributed by atoms with E-state index in [9.17, 15) is 5.11 Å². The van der Waals surface area contributed by atoms with Gasteiger partial charge in [0.25, 0.3) is 0 Å². The van der Waals surface area contributed by atoms with Crippen LogP contribution in [0.3, 0.4) is 0 Å². The van der Waals surface area contributed by atoms with E-state index >= 15 is 0 Å². The van der Waals surface area contributed by atoms with Gasteiger partial charge in [-0.3, -0.25) is 0 Å². The summed E-state index contributed by atoms with van der Waals surface area (Å²) in [5, 5.41) is 9.71. The van der Waals surface area contributed by atoms with Crippen LogP contribution < -0.4 is 0 Å². The molecule has 1 aliphatic carbocycles. The molecule has 1 aromatic rings. The van der Waals surface area contributed by atoms with Gasteiger partial charge in [-0.25, -0.2) is 0 Å². The van der Waals surface area contributed by atoms with E-state index < -0.39 is 0 Å². The van der Waals surface area contributed by atoms with E-state index in [4.69, 9.17) is 0 Å². The molecule has 1 aromatic carbocycles. The zero-order chi connectivity index (χ0) is 13.2. The number of likely N-dealkylation sites (tertiary alicyclic amines) is 1. The lowest BCUT2D eigenvalue weighted by atomic mass is 9.82. The molecule has 1 saturated heterocycles. The highest BCUT2D eigenvalue weighted by molar-refractivity contribution is 5.32. The van der Waals surface area contributed by atoms with Crippen molar-refractivity contribution in [2.24, 2.45) is 5.92 Å². The number of hydrogen-bond donors (Lipinski definition) is 1. The fourth-order valence-corrected chi connectivity index (χ4v) is 3.78. The Morgan fingerprint density at radius 2 is 2.16 bits per heavy atom. The molecule has 2 nitrogen and oxygen atoms in total. The summed E-state index contributed by atoms with van der Waals surface area (Å²) in [5.74, 6) is 1.19. The van der Waals surface area contributed by atoms with Crippen LogP contribution in [0.15, 0.2) is 24.3 Å². The van der Waals surface area contributed by atoms with Crippen molar-refractivity contribution in [1.82, 2.24) is 4.90 Å². The summed E-state index contributed by atoms with van der Waals surface area (Å²) >= 11 is 0. The lowest BCUT2D eigenvalue weighted by molar-refractivity contribution is 0.127. The number of aliphatic hydroxyl groups is 1. The first kappa shape index (κ1) is 13.1. The summed E-state index contributed by atoms with van der Waals surface area (Å²) in [5.41, 5.74) is 3.14. The second-order valence-electron chi connectivity index (χ2n) is 6.34. The van der Waals surface area contributed by atoms with E-state index in [1.165, 1.54) is 25.8 Å². The number of benzene rings is 1. The Morgan fingerprint density at radius 1 is 1.32 bits per heavy atom. The van der Waals surface area contributed by atoms with Crippen LogP contribution in [-0.4, -0.2) is 35.7 Å². The van der Waals surface area contributed by atoms with Gasteiger partial charge in [0.05, 0.1) is 6.10 Å². The van der Waals surface area contributed by atoms with Crippen LogP contribution in [-0.2, 0) is 6.42 Å². The fraction of sp³-hybridized carbons (Fsp3) is 0.647. The number of aliphatic hydroxyl groups excluding tert-OH is 1. The number of hydrogen-bond acceptors (Lipinski definition) is 2. The molecule has 3 rings (SSSR count). The Morgan fingerprint density at radius 3 is 2.95 bits per heavy atom. The van der Waals surface area contributed by atoms with Crippen LogP contribution in [0.2, 0.25) is 0 Å². The van der Waals surface area contributed by atoms with Crippen molar-refractivity contribution in [3.8, 4) is 0 Å². The zero-order valence-electron chi connectivity index (χ0n) is 11.9. The summed E-state index contributed by atoms with van der Waals surface area (Å²) in [6, 6.07) is 8.96. The Bertz CT molecular complexity index is 429. The maximum Gasteiger partial charge on any atom is 0.0552 e. The smallest absolute Gasteiger partial charge is 0.0552 e. The number of aryl methyl sites for hydroxylation is 1. The third-order valence-corrected chi connectivity index (χ3v) is 4.96. The quantitative estimate of drug-likeness (QED) is 0.902. The SMILES string of the molecule is CC(O)C1CCN(CC2CCCc3ccccc32)C1. The van der Waals surface area contributed by atoms with Crippen LogP contribution in [0.5, 0.6) is 0 Å². The number of fused-ring (bicyclic) bond motifs is 1. The summed E-state index contributed by atoms with van der Waals surface area (Å²) in [6.45, 7) is 5.36. The maximum absolute atomic E-state index is 9.71. The van der Waals surface area contributed by atoms with Crippen LogP contribution in [0.25, 0.3) is 0 Å². The highest BCUT2D eigenvalue weighted by Gasteiger charge is 2.29. The molecule has 0 bridgehead atoms. The summed E-state index contributed by atoms with van der Waals surface area (Å²) in [6.07, 6.45) is 4.92. The van der Waals surface area contributed by atoms with Crippen molar-refractivity contribution in [2.75, 3.05) is 19.6 Å². The molecule has 19 heavy (non-hydrogen) atoms. The fourth-order valence-electron chi connectivity index (χ4n) is 3.78. The lowest BCUT2D eigenvalue weighted by Crippen LogP contribution is -2.29. The van der Waals surface area contributed by atoms with Gasteiger partial charge in [-0.2, -0.15) is 0 Å². The molecule has 0 saturated carbocycles. The molecule has 2 heteroatoms. The van der Waals surface area contributed by atoms with Crippen molar-refractivity contribution in [3.63, 3.8) is 0 Å². The number of rotatable bonds is 3. The minimum Gasteiger partial charge on any atom is -0.393 e. The molecule has 0 aromatic heterocycles. The molecule has 3 atom stereocenters. The Labute approximate surface area is 116 Å². The molecular formula is C17H25NO. The Kier molecular flexibility index (Phi) is 3.90. The minimum absolute atomic E-state index is 0.149. The van der Waals surface area contributed by atoms with E-state index in [0.717, 1.165) is 19.5 Å². The molecular weight excluding hydrogens is 234 g/mol. The Balaban J connectivity index is 1.66. The molecule has 104 valence electrons. The Hall–Kier alpha value is -0.860. The van der Waals surface area contributed by atoms with Gasteiger partial charge in [-0.1, -0.05) is 24.3 Å².